The summed E-state index contributed by atoms with van der Waals surface area (Å²) in [4.78, 5) is 25.7. The molecule has 2 rings (SSSR count). The van der Waals surface area contributed by atoms with Gasteiger partial charge in [-0.2, -0.15) is 0 Å². The van der Waals surface area contributed by atoms with E-state index in [0.717, 1.165) is 0 Å². The quantitative estimate of drug-likeness (QED) is 0.700. The lowest BCUT2D eigenvalue weighted by molar-refractivity contribution is 0.147. The van der Waals surface area contributed by atoms with E-state index < -0.39 is 12.2 Å². The molecule has 2 aromatic rings. The smallest absolute Gasteiger partial charge is 0.419 e. The van der Waals surface area contributed by atoms with Crippen LogP contribution in [-0.2, 0) is 4.74 Å². The standard InChI is InChI=1S/C20H23ClN2O4/c1-4-23(17-9-5-7-15(21)11-17)20(25)27-18-10-6-8-16(12-18)22-19(24)26-13-14(2)3/h5-12,14H,4,13H2,1-3H3,(H,22,24). The number of nitrogens with zero attached hydrogens (tertiary/aromatic N) is 1. The van der Waals surface area contributed by atoms with E-state index in [-0.39, 0.29) is 5.92 Å². The molecule has 7 heteroatoms. The zero-order valence-corrected chi connectivity index (χ0v) is 16.3. The number of benzene rings is 2. The first-order chi connectivity index (χ1) is 12.9. The third kappa shape index (κ3) is 6.49. The van der Waals surface area contributed by atoms with Gasteiger partial charge in [0.05, 0.1) is 6.61 Å². The van der Waals surface area contributed by atoms with Gasteiger partial charge < -0.3 is 9.47 Å². The van der Waals surface area contributed by atoms with Gasteiger partial charge in [0.25, 0.3) is 0 Å². The SMILES string of the molecule is CCN(C(=O)Oc1cccc(NC(=O)OCC(C)C)c1)c1cccc(Cl)c1. The highest BCUT2D eigenvalue weighted by Crippen LogP contribution is 2.22. The van der Waals surface area contributed by atoms with Crippen molar-refractivity contribution in [2.75, 3.05) is 23.4 Å². The van der Waals surface area contributed by atoms with Crippen LogP contribution in [0.3, 0.4) is 0 Å². The second kappa shape index (κ2) is 9.83. The first-order valence-electron chi connectivity index (χ1n) is 8.67. The number of carbonyl (C=O) groups is 2. The molecule has 0 atom stereocenters. The molecule has 0 heterocycles. The summed E-state index contributed by atoms with van der Waals surface area (Å²) in [5, 5.41) is 3.14. The molecule has 0 aromatic heterocycles. The van der Waals surface area contributed by atoms with Crippen LogP contribution in [0.15, 0.2) is 48.5 Å². The minimum atomic E-state index is -0.554. The number of halogens is 1. The van der Waals surface area contributed by atoms with Crippen molar-refractivity contribution in [2.45, 2.75) is 20.8 Å². The number of carbonyl (C=O) groups excluding carboxylic acids is 2. The fourth-order valence-corrected chi connectivity index (χ4v) is 2.44. The lowest BCUT2D eigenvalue weighted by Gasteiger charge is -2.20. The number of nitrogens with one attached hydrogen (secondary N) is 1. The predicted molar refractivity (Wildman–Crippen MR) is 107 cm³/mol. The lowest BCUT2D eigenvalue weighted by Crippen LogP contribution is -2.33. The van der Waals surface area contributed by atoms with Gasteiger partial charge in [-0.25, -0.2) is 9.59 Å². The van der Waals surface area contributed by atoms with Gasteiger partial charge in [0.1, 0.15) is 5.75 Å². The largest absolute Gasteiger partial charge is 0.449 e. The Balaban J connectivity index is 2.04. The van der Waals surface area contributed by atoms with E-state index in [1.165, 1.54) is 4.90 Å². The molecule has 1 N–H and O–H groups in total. The van der Waals surface area contributed by atoms with E-state index >= 15 is 0 Å². The van der Waals surface area contributed by atoms with E-state index in [1.54, 1.807) is 48.5 Å². The molecule has 0 aliphatic rings. The lowest BCUT2D eigenvalue weighted by atomic mass is 10.2. The van der Waals surface area contributed by atoms with Gasteiger partial charge in [-0.15, -0.1) is 0 Å². The van der Waals surface area contributed by atoms with E-state index in [9.17, 15) is 9.59 Å². The fraction of sp³-hybridized carbons (Fsp3) is 0.300. The maximum Gasteiger partial charge on any atom is 0.419 e. The summed E-state index contributed by atoms with van der Waals surface area (Å²) in [5.41, 5.74) is 1.11. The van der Waals surface area contributed by atoms with Crippen LogP contribution in [-0.4, -0.2) is 25.3 Å². The highest BCUT2D eigenvalue weighted by atomic mass is 35.5. The van der Waals surface area contributed by atoms with Gasteiger partial charge >= 0.3 is 12.2 Å². The average Bonchev–Trinajstić information content (AvgIpc) is 2.61. The van der Waals surface area contributed by atoms with Gasteiger partial charge in [0.2, 0.25) is 0 Å². The van der Waals surface area contributed by atoms with Crippen LogP contribution in [0, 0.1) is 5.92 Å². The molecule has 6 nitrogen and oxygen atoms in total. The molecular weight excluding hydrogens is 368 g/mol. The van der Waals surface area contributed by atoms with E-state index in [4.69, 9.17) is 21.1 Å². The summed E-state index contributed by atoms with van der Waals surface area (Å²) >= 11 is 5.99. The Morgan fingerprint density at radius 1 is 1.15 bits per heavy atom. The van der Waals surface area contributed by atoms with Crippen molar-refractivity contribution in [2.24, 2.45) is 5.92 Å². The second-order valence-electron chi connectivity index (χ2n) is 6.24. The Kier molecular flexibility index (Phi) is 7.49. The topological polar surface area (TPSA) is 67.9 Å². The van der Waals surface area contributed by atoms with Gasteiger partial charge in [-0.05, 0) is 43.2 Å². The Bertz CT molecular complexity index is 795. The number of hydrogen-bond acceptors (Lipinski definition) is 4. The number of hydrogen-bond donors (Lipinski definition) is 1. The second-order valence-corrected chi connectivity index (χ2v) is 6.67. The molecule has 0 saturated carbocycles. The molecule has 0 fully saturated rings. The number of anilines is 2. The molecule has 0 aliphatic heterocycles. The average molecular weight is 391 g/mol. The molecule has 2 amide bonds. The first-order valence-corrected chi connectivity index (χ1v) is 9.05. The van der Waals surface area contributed by atoms with Crippen molar-refractivity contribution in [3.8, 4) is 5.75 Å². The van der Waals surface area contributed by atoms with E-state index in [1.807, 2.05) is 20.8 Å². The minimum Gasteiger partial charge on any atom is -0.449 e. The Morgan fingerprint density at radius 3 is 2.56 bits per heavy atom. The summed E-state index contributed by atoms with van der Waals surface area (Å²) < 4.78 is 10.5. The zero-order valence-electron chi connectivity index (χ0n) is 15.6. The third-order valence-electron chi connectivity index (χ3n) is 3.49. The minimum absolute atomic E-state index is 0.245. The van der Waals surface area contributed by atoms with Crippen LogP contribution in [0.2, 0.25) is 5.02 Å². The van der Waals surface area contributed by atoms with Crippen molar-refractivity contribution >= 4 is 35.2 Å². The highest BCUT2D eigenvalue weighted by Gasteiger charge is 2.17. The molecule has 144 valence electrons. The van der Waals surface area contributed by atoms with Crippen LogP contribution < -0.4 is 15.0 Å². The van der Waals surface area contributed by atoms with E-state index in [0.29, 0.717) is 35.3 Å². The Hall–Kier alpha value is -2.73. The molecule has 0 radical (unpaired) electrons. The first kappa shape index (κ1) is 20.6. The van der Waals surface area contributed by atoms with Crippen LogP contribution >= 0.6 is 11.6 Å². The number of amides is 2. The number of rotatable bonds is 6. The van der Waals surface area contributed by atoms with Crippen molar-refractivity contribution < 1.29 is 19.1 Å². The molecule has 27 heavy (non-hydrogen) atoms. The summed E-state index contributed by atoms with van der Waals surface area (Å²) in [7, 11) is 0. The van der Waals surface area contributed by atoms with Gasteiger partial charge in [0.15, 0.2) is 0 Å². The van der Waals surface area contributed by atoms with Crippen LogP contribution in [0.5, 0.6) is 5.75 Å². The number of ether oxygens (including phenoxy) is 2. The molecular formula is C20H23ClN2O4. The monoisotopic (exact) mass is 390 g/mol. The summed E-state index contributed by atoms with van der Waals surface area (Å²) in [6, 6.07) is 13.5. The van der Waals surface area contributed by atoms with Crippen molar-refractivity contribution in [3.05, 3.63) is 53.6 Å². The fourth-order valence-electron chi connectivity index (χ4n) is 2.25. The predicted octanol–water partition coefficient (Wildman–Crippen LogP) is 5.57. The molecule has 0 unspecified atom stereocenters. The van der Waals surface area contributed by atoms with Crippen LogP contribution in [0.1, 0.15) is 20.8 Å². The van der Waals surface area contributed by atoms with Gasteiger partial charge in [-0.3, -0.25) is 10.2 Å². The summed E-state index contributed by atoms with van der Waals surface area (Å²) in [6.45, 7) is 6.48. The molecule has 2 aromatic carbocycles. The summed E-state index contributed by atoms with van der Waals surface area (Å²) in [5.74, 6) is 0.552. The van der Waals surface area contributed by atoms with Crippen molar-refractivity contribution in [1.29, 1.82) is 0 Å². The Morgan fingerprint density at radius 2 is 1.89 bits per heavy atom. The maximum absolute atomic E-state index is 12.5. The van der Waals surface area contributed by atoms with Crippen molar-refractivity contribution in [3.63, 3.8) is 0 Å². The summed E-state index contributed by atoms with van der Waals surface area (Å²) in [6.07, 6.45) is -1.10. The Labute approximate surface area is 164 Å². The zero-order chi connectivity index (χ0) is 19.8. The van der Waals surface area contributed by atoms with Crippen LogP contribution in [0.25, 0.3) is 0 Å². The van der Waals surface area contributed by atoms with Gasteiger partial charge in [-0.1, -0.05) is 37.6 Å². The molecule has 0 aliphatic carbocycles. The normalized spacial score (nSPS) is 10.4. The maximum atomic E-state index is 12.5. The third-order valence-corrected chi connectivity index (χ3v) is 3.72. The molecule has 0 spiro atoms. The van der Waals surface area contributed by atoms with Gasteiger partial charge in [0, 0.05) is 29.0 Å². The van der Waals surface area contributed by atoms with Crippen molar-refractivity contribution in [1.82, 2.24) is 0 Å². The van der Waals surface area contributed by atoms with E-state index in [2.05, 4.69) is 5.32 Å². The molecule has 0 bridgehead atoms. The van der Waals surface area contributed by atoms with Crippen LogP contribution in [0.4, 0.5) is 21.0 Å². The highest BCUT2D eigenvalue weighted by molar-refractivity contribution is 6.30. The molecule has 0 saturated heterocycles.